The number of anilines is 1. The standard InChI is InChI=1S/C26H28ClN3O3S/c27-21-7-4-6-20(18-21)23-24(28-19-34-23)29-25(31)33-26-10-14-30(15-11-26,16-12-26)13-5-17-32-22-8-2-1-3-9-22/h1-4,6-9,18-19H,5,10-17H2/p+1. The van der Waals surface area contributed by atoms with Crippen molar-refractivity contribution in [1.82, 2.24) is 4.98 Å². The second-order valence-electron chi connectivity index (χ2n) is 9.24. The second kappa shape index (κ2) is 9.94. The third kappa shape index (κ3) is 5.22. The molecule has 3 aliphatic heterocycles. The summed E-state index contributed by atoms with van der Waals surface area (Å²) in [5, 5.41) is 3.52. The molecule has 3 aromatic rings. The first-order chi connectivity index (χ1) is 16.5. The fourth-order valence-corrected chi connectivity index (χ4v) is 6.05. The number of halogens is 1. The van der Waals surface area contributed by atoms with E-state index in [2.05, 4.69) is 10.3 Å². The van der Waals surface area contributed by atoms with Crippen LogP contribution in [-0.4, -0.2) is 53.9 Å². The molecule has 2 aromatic carbocycles. The summed E-state index contributed by atoms with van der Waals surface area (Å²) in [6, 6.07) is 17.5. The van der Waals surface area contributed by atoms with E-state index in [0.717, 1.165) is 79.1 Å². The molecule has 6 rings (SSSR count). The molecule has 2 bridgehead atoms. The number of carbonyl (C=O) groups excluding carboxylic acids is 1. The smallest absolute Gasteiger partial charge is 0.413 e. The van der Waals surface area contributed by atoms with Gasteiger partial charge in [0.05, 0.1) is 43.2 Å². The highest BCUT2D eigenvalue weighted by atomic mass is 35.5. The molecule has 3 aliphatic rings. The van der Waals surface area contributed by atoms with Gasteiger partial charge in [-0.3, -0.25) is 5.32 Å². The molecule has 0 aliphatic carbocycles. The molecule has 4 heterocycles. The number of hydrogen-bond acceptors (Lipinski definition) is 5. The van der Waals surface area contributed by atoms with Crippen molar-refractivity contribution < 1.29 is 18.8 Å². The lowest BCUT2D eigenvalue weighted by atomic mass is 9.81. The molecule has 1 amide bonds. The van der Waals surface area contributed by atoms with Gasteiger partial charge >= 0.3 is 6.09 Å². The maximum atomic E-state index is 12.8. The average molecular weight is 499 g/mol. The van der Waals surface area contributed by atoms with Crippen molar-refractivity contribution >= 4 is 34.8 Å². The largest absolute Gasteiger partial charge is 0.493 e. The van der Waals surface area contributed by atoms with Gasteiger partial charge in [0, 0.05) is 30.7 Å². The fourth-order valence-electron chi connectivity index (χ4n) is 5.12. The van der Waals surface area contributed by atoms with Gasteiger partial charge in [0.1, 0.15) is 11.4 Å². The molecule has 178 valence electrons. The molecule has 1 N–H and O–H groups in total. The molecule has 1 aromatic heterocycles. The lowest BCUT2D eigenvalue weighted by Crippen LogP contribution is -2.65. The number of benzene rings is 2. The van der Waals surface area contributed by atoms with Crippen molar-refractivity contribution in [3.8, 4) is 16.2 Å². The molecule has 0 atom stereocenters. The summed E-state index contributed by atoms with van der Waals surface area (Å²) in [6.07, 6.45) is 3.31. The number of nitrogens with zero attached hydrogens (tertiary/aromatic N) is 2. The summed E-state index contributed by atoms with van der Waals surface area (Å²) < 4.78 is 13.0. The molecule has 0 unspecified atom stereocenters. The van der Waals surface area contributed by atoms with Gasteiger partial charge in [-0.25, -0.2) is 9.78 Å². The van der Waals surface area contributed by atoms with Crippen LogP contribution in [-0.2, 0) is 4.74 Å². The molecule has 6 nitrogen and oxygen atoms in total. The normalized spacial score (nSPS) is 23.4. The zero-order valence-corrected chi connectivity index (χ0v) is 20.6. The Morgan fingerprint density at radius 2 is 1.85 bits per heavy atom. The number of carbonyl (C=O) groups is 1. The minimum atomic E-state index is -0.424. The van der Waals surface area contributed by atoms with E-state index in [9.17, 15) is 4.79 Å². The Morgan fingerprint density at radius 3 is 2.59 bits per heavy atom. The summed E-state index contributed by atoms with van der Waals surface area (Å²) in [5.41, 5.74) is 2.28. The van der Waals surface area contributed by atoms with Crippen molar-refractivity contribution in [3.05, 3.63) is 65.1 Å². The van der Waals surface area contributed by atoms with Crippen molar-refractivity contribution in [2.24, 2.45) is 0 Å². The molecular formula is C26H29ClN3O3S+. The number of ether oxygens (including phenoxy) is 2. The van der Waals surface area contributed by atoms with E-state index in [1.165, 1.54) is 11.3 Å². The monoisotopic (exact) mass is 498 g/mol. The maximum Gasteiger partial charge on any atom is 0.413 e. The molecule has 3 fully saturated rings. The van der Waals surface area contributed by atoms with Gasteiger partial charge in [-0.15, -0.1) is 11.3 Å². The van der Waals surface area contributed by atoms with Crippen LogP contribution < -0.4 is 10.1 Å². The molecule has 8 heteroatoms. The first-order valence-electron chi connectivity index (χ1n) is 11.8. The number of hydrogen-bond donors (Lipinski definition) is 1. The van der Waals surface area contributed by atoms with Crippen LogP contribution in [0.25, 0.3) is 10.4 Å². The van der Waals surface area contributed by atoms with Crippen molar-refractivity contribution in [3.63, 3.8) is 0 Å². The van der Waals surface area contributed by atoms with E-state index in [1.54, 1.807) is 5.51 Å². The summed E-state index contributed by atoms with van der Waals surface area (Å²) in [5.74, 6) is 1.45. The summed E-state index contributed by atoms with van der Waals surface area (Å²) in [4.78, 5) is 18.0. The lowest BCUT2D eigenvalue weighted by molar-refractivity contribution is -0.944. The van der Waals surface area contributed by atoms with Crippen LogP contribution in [0.4, 0.5) is 10.6 Å². The molecular weight excluding hydrogens is 470 g/mol. The Bertz CT molecular complexity index is 1110. The van der Waals surface area contributed by atoms with Crippen LogP contribution in [0.5, 0.6) is 5.75 Å². The van der Waals surface area contributed by atoms with Crippen molar-refractivity contribution in [2.75, 3.05) is 38.1 Å². The van der Waals surface area contributed by atoms with E-state index in [4.69, 9.17) is 21.1 Å². The van der Waals surface area contributed by atoms with Crippen LogP contribution in [0.2, 0.25) is 5.02 Å². The summed E-state index contributed by atoms with van der Waals surface area (Å²) >= 11 is 7.60. The Labute approximate surface area is 209 Å². The first kappa shape index (κ1) is 23.1. The van der Waals surface area contributed by atoms with Gasteiger partial charge in [-0.2, -0.15) is 0 Å². The van der Waals surface area contributed by atoms with Gasteiger partial charge < -0.3 is 14.0 Å². The lowest BCUT2D eigenvalue weighted by Gasteiger charge is -2.53. The Hall–Kier alpha value is -2.61. The first-order valence-corrected chi connectivity index (χ1v) is 13.0. The third-order valence-electron chi connectivity index (χ3n) is 7.10. The van der Waals surface area contributed by atoms with Gasteiger partial charge in [0.15, 0.2) is 5.82 Å². The predicted octanol–water partition coefficient (Wildman–Crippen LogP) is 6.23. The van der Waals surface area contributed by atoms with E-state index in [0.29, 0.717) is 10.8 Å². The molecule has 0 spiro atoms. The van der Waals surface area contributed by atoms with Crippen LogP contribution in [0, 0.1) is 0 Å². The zero-order chi connectivity index (χ0) is 23.4. The fraction of sp³-hybridized carbons (Fsp3) is 0.385. The topological polar surface area (TPSA) is 60.5 Å². The van der Waals surface area contributed by atoms with Gasteiger partial charge in [-0.1, -0.05) is 41.9 Å². The molecule has 34 heavy (non-hydrogen) atoms. The number of fused-ring (bicyclic) bond motifs is 3. The number of thiazole rings is 1. The van der Waals surface area contributed by atoms with Crippen molar-refractivity contribution in [1.29, 1.82) is 0 Å². The third-order valence-corrected chi connectivity index (χ3v) is 8.21. The highest BCUT2D eigenvalue weighted by Crippen LogP contribution is 2.40. The van der Waals surface area contributed by atoms with E-state index < -0.39 is 6.09 Å². The van der Waals surface area contributed by atoms with Crippen LogP contribution in [0.1, 0.15) is 25.7 Å². The summed E-state index contributed by atoms with van der Waals surface area (Å²) in [7, 11) is 0. The minimum absolute atomic E-state index is 0.364. The molecule has 3 saturated heterocycles. The van der Waals surface area contributed by atoms with Gasteiger partial charge in [0.2, 0.25) is 0 Å². The average Bonchev–Trinajstić information content (AvgIpc) is 3.32. The van der Waals surface area contributed by atoms with E-state index >= 15 is 0 Å². The molecule has 0 saturated carbocycles. The quantitative estimate of drug-likeness (QED) is 0.295. The maximum absolute atomic E-state index is 12.8. The SMILES string of the molecule is O=C(Nc1ncsc1-c1cccc(Cl)c1)OC12CC[N+](CCCOc3ccccc3)(CC1)CC2. The predicted molar refractivity (Wildman–Crippen MR) is 136 cm³/mol. The van der Waals surface area contributed by atoms with Gasteiger partial charge in [-0.05, 0) is 29.8 Å². The Morgan fingerprint density at radius 1 is 1.09 bits per heavy atom. The number of aromatic nitrogens is 1. The number of amides is 1. The van der Waals surface area contributed by atoms with Crippen LogP contribution >= 0.6 is 22.9 Å². The van der Waals surface area contributed by atoms with Crippen molar-refractivity contribution in [2.45, 2.75) is 31.3 Å². The highest BCUT2D eigenvalue weighted by molar-refractivity contribution is 7.13. The summed E-state index contributed by atoms with van der Waals surface area (Å²) in [6.45, 7) is 4.98. The van der Waals surface area contributed by atoms with Crippen LogP contribution in [0.3, 0.4) is 0 Å². The zero-order valence-electron chi connectivity index (χ0n) is 19.0. The Balaban J connectivity index is 1.12. The number of quaternary nitrogens is 1. The van der Waals surface area contributed by atoms with E-state index in [1.807, 2.05) is 54.6 Å². The number of piperidine rings is 3. The Kier molecular flexibility index (Phi) is 6.77. The van der Waals surface area contributed by atoms with E-state index in [-0.39, 0.29) is 5.60 Å². The number of para-hydroxylation sites is 1. The second-order valence-corrected chi connectivity index (χ2v) is 10.5. The number of nitrogens with one attached hydrogen (secondary N) is 1. The molecule has 0 radical (unpaired) electrons. The minimum Gasteiger partial charge on any atom is -0.493 e. The highest BCUT2D eigenvalue weighted by Gasteiger charge is 2.51. The van der Waals surface area contributed by atoms with Crippen LogP contribution in [0.15, 0.2) is 60.1 Å². The number of rotatable bonds is 8. The van der Waals surface area contributed by atoms with Gasteiger partial charge in [0.25, 0.3) is 0 Å².